The lowest BCUT2D eigenvalue weighted by atomic mass is 9.47. The number of allylic oxidation sites excluding steroid dienone is 1. The first kappa shape index (κ1) is 24.2. The maximum absolute atomic E-state index is 12.8. The van der Waals surface area contributed by atoms with Crippen LogP contribution in [0.25, 0.3) is 0 Å². The minimum atomic E-state index is -1.89. The van der Waals surface area contributed by atoms with Gasteiger partial charge in [-0.15, -0.1) is 0 Å². The van der Waals surface area contributed by atoms with Gasteiger partial charge in [-0.3, -0.25) is 9.59 Å². The Balaban J connectivity index is 1.66. The first-order valence-corrected chi connectivity index (χ1v) is 15.7. The number of ketones is 1. The Labute approximate surface area is 196 Å². The van der Waals surface area contributed by atoms with Crippen molar-refractivity contribution in [2.24, 2.45) is 28.6 Å². The molecule has 3 saturated carbocycles. The van der Waals surface area contributed by atoms with E-state index < -0.39 is 8.32 Å². The highest BCUT2D eigenvalue weighted by Gasteiger charge is 2.60. The zero-order chi connectivity index (χ0) is 23.5. The van der Waals surface area contributed by atoms with Crippen LogP contribution in [0.4, 0.5) is 0 Å². The molecule has 0 bridgehead atoms. The lowest BCUT2D eigenvalue weighted by molar-refractivity contribution is -0.149. The van der Waals surface area contributed by atoms with Gasteiger partial charge >= 0.3 is 5.97 Å². The molecule has 0 saturated heterocycles. The molecule has 0 radical (unpaired) electrons. The van der Waals surface area contributed by atoms with E-state index in [9.17, 15) is 9.59 Å². The van der Waals surface area contributed by atoms with Crippen molar-refractivity contribution in [3.63, 3.8) is 0 Å². The Morgan fingerprint density at radius 1 is 1.16 bits per heavy atom. The number of ether oxygens (including phenoxy) is 1. The predicted octanol–water partition coefficient (Wildman–Crippen LogP) is 6.45. The summed E-state index contributed by atoms with van der Waals surface area (Å²) in [6, 6.07) is 0. The van der Waals surface area contributed by atoms with Crippen molar-refractivity contribution in [3.05, 3.63) is 11.6 Å². The largest absolute Gasteiger partial charge is 0.462 e. The van der Waals surface area contributed by atoms with Gasteiger partial charge in [0.15, 0.2) is 8.32 Å². The van der Waals surface area contributed by atoms with E-state index >= 15 is 0 Å². The molecule has 6 atom stereocenters. The van der Waals surface area contributed by atoms with Crippen LogP contribution < -0.4 is 0 Å². The van der Waals surface area contributed by atoms with E-state index in [1.165, 1.54) is 12.5 Å². The molecule has 0 aliphatic heterocycles. The zero-order valence-electron chi connectivity index (χ0n) is 21.4. The number of carbonyl (C=O) groups is 2. The van der Waals surface area contributed by atoms with Gasteiger partial charge in [0, 0.05) is 37.2 Å². The quantitative estimate of drug-likeness (QED) is 0.275. The van der Waals surface area contributed by atoms with E-state index in [4.69, 9.17) is 9.16 Å². The standard InChI is InChI=1S/C27H44O4Si/c1-18(28)31-20-12-15-27(17-30-32(6,7)25(2,3)4)19(16-20)8-9-21-22-10-11-24(29)26(22,5)14-13-23(21)27/h8,20-23H,9-17H2,1-7H3/t20-,21?,22?,23?,26-,27+/m0/s1. The Kier molecular flexibility index (Phi) is 6.10. The summed E-state index contributed by atoms with van der Waals surface area (Å²) in [5.41, 5.74) is 1.41. The van der Waals surface area contributed by atoms with Gasteiger partial charge in [0.1, 0.15) is 11.9 Å². The molecular formula is C27H44O4Si. The lowest BCUT2D eigenvalue weighted by Gasteiger charge is -2.58. The fourth-order valence-corrected chi connectivity index (χ4v) is 8.38. The average Bonchev–Trinajstić information content (AvgIpc) is 3.00. The molecule has 4 aliphatic rings. The first-order valence-electron chi connectivity index (χ1n) is 12.8. The van der Waals surface area contributed by atoms with E-state index in [0.29, 0.717) is 23.5 Å². The molecule has 5 heteroatoms. The summed E-state index contributed by atoms with van der Waals surface area (Å²) in [4.78, 5) is 24.4. The molecular weight excluding hydrogens is 416 g/mol. The molecule has 4 rings (SSSR count). The highest BCUT2D eigenvalue weighted by Crippen LogP contribution is 2.64. The number of hydrogen-bond acceptors (Lipinski definition) is 4. The van der Waals surface area contributed by atoms with Gasteiger partial charge in [-0.2, -0.15) is 0 Å². The molecule has 0 aromatic rings. The molecule has 0 aromatic heterocycles. The van der Waals surface area contributed by atoms with Crippen LogP contribution in [0, 0.1) is 28.6 Å². The van der Waals surface area contributed by atoms with Crippen molar-refractivity contribution in [2.75, 3.05) is 6.61 Å². The molecule has 0 N–H and O–H groups in total. The number of rotatable bonds is 4. The molecule has 0 amide bonds. The van der Waals surface area contributed by atoms with Crippen LogP contribution in [0.3, 0.4) is 0 Å². The molecule has 0 aromatic carbocycles. The topological polar surface area (TPSA) is 52.6 Å². The second kappa shape index (κ2) is 8.08. The molecule has 4 nitrogen and oxygen atoms in total. The fraction of sp³-hybridized carbons (Fsp3) is 0.852. The summed E-state index contributed by atoms with van der Waals surface area (Å²) in [6.07, 6.45) is 10.3. The van der Waals surface area contributed by atoms with Gasteiger partial charge in [-0.05, 0) is 74.4 Å². The van der Waals surface area contributed by atoms with Gasteiger partial charge in [0.05, 0.1) is 0 Å². The number of hydrogen-bond donors (Lipinski definition) is 0. The molecule has 180 valence electrons. The van der Waals surface area contributed by atoms with Crippen molar-refractivity contribution in [2.45, 2.75) is 110 Å². The van der Waals surface area contributed by atoms with E-state index in [-0.39, 0.29) is 27.9 Å². The minimum Gasteiger partial charge on any atom is -0.462 e. The molecule has 0 heterocycles. The molecule has 4 aliphatic carbocycles. The van der Waals surface area contributed by atoms with Gasteiger partial charge in [-0.25, -0.2) is 0 Å². The van der Waals surface area contributed by atoms with Crippen LogP contribution in [0.5, 0.6) is 0 Å². The van der Waals surface area contributed by atoms with E-state index in [1.807, 2.05) is 0 Å². The summed E-state index contributed by atoms with van der Waals surface area (Å²) >= 11 is 0. The monoisotopic (exact) mass is 460 g/mol. The maximum Gasteiger partial charge on any atom is 0.302 e. The van der Waals surface area contributed by atoms with E-state index in [1.54, 1.807) is 0 Å². The van der Waals surface area contributed by atoms with Crippen LogP contribution in [-0.2, 0) is 18.8 Å². The fourth-order valence-electron chi connectivity index (χ4n) is 7.32. The van der Waals surface area contributed by atoms with Crippen molar-refractivity contribution < 1.29 is 18.8 Å². The number of Topliss-reactive ketones (excluding diaryl/α,β-unsaturated/α-hetero) is 1. The molecule has 32 heavy (non-hydrogen) atoms. The van der Waals surface area contributed by atoms with Crippen molar-refractivity contribution in [3.8, 4) is 0 Å². The van der Waals surface area contributed by atoms with E-state index in [0.717, 1.165) is 58.0 Å². The van der Waals surface area contributed by atoms with Crippen LogP contribution in [-0.4, -0.2) is 32.8 Å². The molecule has 3 unspecified atom stereocenters. The minimum absolute atomic E-state index is 0.00166. The van der Waals surface area contributed by atoms with Crippen molar-refractivity contribution >= 4 is 20.1 Å². The third-order valence-electron chi connectivity index (χ3n) is 10.3. The summed E-state index contributed by atoms with van der Waals surface area (Å²) in [5, 5.41) is 0.180. The maximum atomic E-state index is 12.8. The number of fused-ring (bicyclic) bond motifs is 5. The highest BCUT2D eigenvalue weighted by atomic mass is 28.4. The average molecular weight is 461 g/mol. The SMILES string of the molecule is CC(=O)O[C@H]1CC[C@@]2(CO[Si](C)(C)C(C)(C)C)C(=CCC3C2CC[C@]2(C)C(=O)CCC32)C1. The molecule has 0 spiro atoms. The third-order valence-corrected chi connectivity index (χ3v) is 14.8. The van der Waals surface area contributed by atoms with Gasteiger partial charge in [0.25, 0.3) is 0 Å². The number of carbonyl (C=O) groups excluding carboxylic acids is 2. The van der Waals surface area contributed by atoms with Crippen molar-refractivity contribution in [1.29, 1.82) is 0 Å². The summed E-state index contributed by atoms with van der Waals surface area (Å²) in [6.45, 7) is 16.2. The Morgan fingerprint density at radius 3 is 2.53 bits per heavy atom. The van der Waals surface area contributed by atoms with Crippen LogP contribution >= 0.6 is 0 Å². The Bertz CT molecular complexity index is 809. The first-order chi connectivity index (χ1) is 14.8. The summed E-state index contributed by atoms with van der Waals surface area (Å²) < 4.78 is 12.6. The lowest BCUT2D eigenvalue weighted by Crippen LogP contribution is -2.55. The second-order valence-electron chi connectivity index (χ2n) is 12.9. The third kappa shape index (κ3) is 3.85. The second-order valence-corrected chi connectivity index (χ2v) is 17.7. The Morgan fingerprint density at radius 2 is 1.88 bits per heavy atom. The van der Waals surface area contributed by atoms with Crippen molar-refractivity contribution in [1.82, 2.24) is 0 Å². The van der Waals surface area contributed by atoms with Crippen LogP contribution in [0.15, 0.2) is 11.6 Å². The Hall–Kier alpha value is -0.943. The van der Waals surface area contributed by atoms with Gasteiger partial charge in [-0.1, -0.05) is 39.3 Å². The van der Waals surface area contributed by atoms with Crippen LogP contribution in [0.2, 0.25) is 18.1 Å². The summed E-state index contributed by atoms with van der Waals surface area (Å²) in [7, 11) is -1.89. The van der Waals surface area contributed by atoms with Gasteiger partial charge in [0.2, 0.25) is 0 Å². The summed E-state index contributed by atoms with van der Waals surface area (Å²) in [5.74, 6) is 2.00. The van der Waals surface area contributed by atoms with Crippen LogP contribution in [0.1, 0.15) is 86.0 Å². The van der Waals surface area contributed by atoms with E-state index in [2.05, 4.69) is 46.9 Å². The number of esters is 1. The smallest absolute Gasteiger partial charge is 0.302 e. The zero-order valence-corrected chi connectivity index (χ0v) is 22.4. The van der Waals surface area contributed by atoms with Gasteiger partial charge < -0.3 is 9.16 Å². The molecule has 3 fully saturated rings. The highest BCUT2D eigenvalue weighted by molar-refractivity contribution is 6.74. The normalized spacial score (nSPS) is 39.6. The predicted molar refractivity (Wildman–Crippen MR) is 130 cm³/mol.